The van der Waals surface area contributed by atoms with Gasteiger partial charge in [-0.25, -0.2) is 4.98 Å². The predicted octanol–water partition coefficient (Wildman–Crippen LogP) is 4.93. The van der Waals surface area contributed by atoms with Crippen LogP contribution in [0.4, 0.5) is 0 Å². The number of oxazole rings is 1. The second kappa shape index (κ2) is 7.56. The summed E-state index contributed by atoms with van der Waals surface area (Å²) in [5, 5.41) is 0.707. The summed E-state index contributed by atoms with van der Waals surface area (Å²) < 4.78 is 5.30. The Morgan fingerprint density at radius 3 is 2.62 bits per heavy atom. The first-order valence-corrected chi connectivity index (χ1v) is 9.89. The van der Waals surface area contributed by atoms with Crippen LogP contribution in [0.5, 0.6) is 0 Å². The van der Waals surface area contributed by atoms with Crippen LogP contribution >= 0.6 is 23.4 Å². The number of nitrogens with zero attached hydrogens (tertiary/aromatic N) is 2. The van der Waals surface area contributed by atoms with Crippen molar-refractivity contribution in [2.45, 2.75) is 6.04 Å². The van der Waals surface area contributed by atoms with E-state index in [1.54, 1.807) is 6.20 Å². The summed E-state index contributed by atoms with van der Waals surface area (Å²) in [6.07, 6.45) is 3.06. The summed E-state index contributed by atoms with van der Waals surface area (Å²) in [5.74, 6) is 2.59. The van der Waals surface area contributed by atoms with Gasteiger partial charge in [0.15, 0.2) is 12.2 Å². The van der Waals surface area contributed by atoms with E-state index in [1.165, 1.54) is 6.39 Å². The van der Waals surface area contributed by atoms with Crippen LogP contribution in [-0.4, -0.2) is 33.8 Å². The minimum atomic E-state index is 0.0503. The Morgan fingerprint density at radius 1 is 1.15 bits per heavy atom. The van der Waals surface area contributed by atoms with E-state index >= 15 is 0 Å². The topological polar surface area (TPSA) is 46.3 Å². The zero-order valence-electron chi connectivity index (χ0n) is 14.0. The molecule has 0 radical (unpaired) electrons. The van der Waals surface area contributed by atoms with Gasteiger partial charge in [-0.3, -0.25) is 4.79 Å². The number of benzene rings is 2. The highest BCUT2D eigenvalue weighted by molar-refractivity contribution is 7.99. The van der Waals surface area contributed by atoms with Gasteiger partial charge in [0.1, 0.15) is 0 Å². The van der Waals surface area contributed by atoms with Crippen molar-refractivity contribution < 1.29 is 9.21 Å². The minimum Gasteiger partial charge on any atom is -0.444 e. The van der Waals surface area contributed by atoms with E-state index in [-0.39, 0.29) is 11.9 Å². The summed E-state index contributed by atoms with van der Waals surface area (Å²) in [6, 6.07) is 15.3. The molecule has 1 atom stereocenters. The summed E-state index contributed by atoms with van der Waals surface area (Å²) >= 11 is 7.88. The lowest BCUT2D eigenvalue weighted by Crippen LogP contribution is -2.40. The Kier molecular flexibility index (Phi) is 5.00. The number of carbonyl (C=O) groups is 1. The molecule has 1 unspecified atom stereocenters. The highest BCUT2D eigenvalue weighted by Crippen LogP contribution is 2.31. The van der Waals surface area contributed by atoms with Gasteiger partial charge in [-0.2, -0.15) is 11.8 Å². The Labute approximate surface area is 161 Å². The molecule has 0 N–H and O–H groups in total. The summed E-state index contributed by atoms with van der Waals surface area (Å²) in [6.45, 7) is 0.737. The third-order valence-corrected chi connectivity index (χ3v) is 5.77. The minimum absolute atomic E-state index is 0.0503. The maximum Gasteiger partial charge on any atom is 0.254 e. The van der Waals surface area contributed by atoms with Crippen LogP contribution in [0.2, 0.25) is 5.02 Å². The molecular weight excluding hydrogens is 368 g/mol. The molecule has 1 aliphatic rings. The third-order valence-electron chi connectivity index (χ3n) is 4.49. The second-order valence-corrected chi connectivity index (χ2v) is 7.67. The van der Waals surface area contributed by atoms with Gasteiger partial charge in [0.05, 0.1) is 12.2 Å². The van der Waals surface area contributed by atoms with E-state index < -0.39 is 0 Å². The molecule has 1 amide bonds. The third kappa shape index (κ3) is 3.50. The van der Waals surface area contributed by atoms with Crippen molar-refractivity contribution in [2.75, 3.05) is 18.1 Å². The van der Waals surface area contributed by atoms with Crippen LogP contribution in [0.25, 0.3) is 11.3 Å². The number of halogens is 1. The van der Waals surface area contributed by atoms with Crippen LogP contribution in [0.15, 0.2) is 65.5 Å². The molecule has 1 fully saturated rings. The molecule has 4 rings (SSSR count). The molecule has 0 bridgehead atoms. The van der Waals surface area contributed by atoms with E-state index in [1.807, 2.05) is 65.2 Å². The van der Waals surface area contributed by atoms with Crippen LogP contribution in [0.3, 0.4) is 0 Å². The van der Waals surface area contributed by atoms with Gasteiger partial charge < -0.3 is 9.32 Å². The van der Waals surface area contributed by atoms with Crippen molar-refractivity contribution >= 4 is 29.3 Å². The number of aromatic nitrogens is 1. The zero-order chi connectivity index (χ0) is 17.9. The van der Waals surface area contributed by atoms with Crippen molar-refractivity contribution in [3.05, 3.63) is 77.3 Å². The van der Waals surface area contributed by atoms with Crippen molar-refractivity contribution in [2.24, 2.45) is 0 Å². The van der Waals surface area contributed by atoms with Crippen LogP contribution in [0, 0.1) is 0 Å². The van der Waals surface area contributed by atoms with Gasteiger partial charge in [0.25, 0.3) is 5.91 Å². The highest BCUT2D eigenvalue weighted by Gasteiger charge is 2.29. The van der Waals surface area contributed by atoms with Gasteiger partial charge >= 0.3 is 0 Å². The van der Waals surface area contributed by atoms with Gasteiger partial charge in [-0.1, -0.05) is 35.9 Å². The zero-order valence-corrected chi connectivity index (χ0v) is 15.5. The molecule has 4 nitrogen and oxygen atoms in total. The Morgan fingerprint density at radius 2 is 1.92 bits per heavy atom. The van der Waals surface area contributed by atoms with Gasteiger partial charge in [0, 0.05) is 34.2 Å². The molecule has 0 saturated carbocycles. The maximum atomic E-state index is 13.1. The van der Waals surface area contributed by atoms with Crippen LogP contribution in [0.1, 0.15) is 22.0 Å². The normalized spacial score (nSPS) is 17.3. The van der Waals surface area contributed by atoms with Gasteiger partial charge in [-0.05, 0) is 29.8 Å². The number of carbonyl (C=O) groups excluding carboxylic acids is 1. The lowest BCUT2D eigenvalue weighted by atomic mass is 10.0. The average Bonchev–Trinajstić information content (AvgIpc) is 3.23. The quantitative estimate of drug-likeness (QED) is 0.642. The first kappa shape index (κ1) is 17.2. The van der Waals surface area contributed by atoms with E-state index in [4.69, 9.17) is 16.0 Å². The summed E-state index contributed by atoms with van der Waals surface area (Å²) in [5.41, 5.74) is 2.70. The number of amides is 1. The molecule has 6 heteroatoms. The molecule has 26 heavy (non-hydrogen) atoms. The lowest BCUT2D eigenvalue weighted by Gasteiger charge is -2.36. The van der Waals surface area contributed by atoms with Gasteiger partial charge in [-0.15, -0.1) is 0 Å². The predicted molar refractivity (Wildman–Crippen MR) is 104 cm³/mol. The van der Waals surface area contributed by atoms with E-state index in [2.05, 4.69) is 4.98 Å². The molecular formula is C20H17ClN2O2S. The van der Waals surface area contributed by atoms with Crippen molar-refractivity contribution in [3.8, 4) is 11.3 Å². The van der Waals surface area contributed by atoms with Crippen LogP contribution in [-0.2, 0) is 0 Å². The summed E-state index contributed by atoms with van der Waals surface area (Å²) in [7, 11) is 0. The van der Waals surface area contributed by atoms with Gasteiger partial charge in [0.2, 0.25) is 0 Å². The fourth-order valence-corrected chi connectivity index (χ4v) is 4.32. The maximum absolute atomic E-state index is 13.1. The standard InChI is InChI=1S/C20H17ClN2O2S/c21-17-7-5-14(6-8-17)18-12-26-10-9-23(18)20(24)16-3-1-15(2-4-16)19-11-22-13-25-19/h1-8,11,13,18H,9-10,12H2. The fraction of sp³-hybridized carbons (Fsp3) is 0.200. The van der Waals surface area contributed by atoms with Crippen LogP contribution < -0.4 is 0 Å². The Balaban J connectivity index is 1.58. The Bertz CT molecular complexity index is 879. The summed E-state index contributed by atoms with van der Waals surface area (Å²) in [4.78, 5) is 19.0. The molecule has 0 spiro atoms. The molecule has 2 heterocycles. The number of hydrogen-bond acceptors (Lipinski definition) is 4. The Hall–Kier alpha value is -2.24. The molecule has 1 saturated heterocycles. The molecule has 0 aliphatic carbocycles. The first-order valence-electron chi connectivity index (χ1n) is 8.35. The average molecular weight is 385 g/mol. The highest BCUT2D eigenvalue weighted by atomic mass is 35.5. The molecule has 1 aromatic heterocycles. The van der Waals surface area contributed by atoms with Crippen molar-refractivity contribution in [3.63, 3.8) is 0 Å². The fourth-order valence-electron chi connectivity index (χ4n) is 3.11. The van der Waals surface area contributed by atoms with Crippen molar-refractivity contribution in [1.29, 1.82) is 0 Å². The number of hydrogen-bond donors (Lipinski definition) is 0. The monoisotopic (exact) mass is 384 g/mol. The number of thioether (sulfide) groups is 1. The van der Waals surface area contributed by atoms with E-state index in [0.29, 0.717) is 16.3 Å². The second-order valence-electron chi connectivity index (χ2n) is 6.08. The molecule has 1 aliphatic heterocycles. The largest absolute Gasteiger partial charge is 0.444 e. The molecule has 132 valence electrons. The molecule has 2 aromatic carbocycles. The first-order chi connectivity index (χ1) is 12.7. The van der Waals surface area contributed by atoms with E-state index in [0.717, 1.165) is 29.2 Å². The lowest BCUT2D eigenvalue weighted by molar-refractivity contribution is 0.0701. The van der Waals surface area contributed by atoms with E-state index in [9.17, 15) is 4.79 Å². The molecule has 3 aromatic rings. The van der Waals surface area contributed by atoms with Crippen molar-refractivity contribution in [1.82, 2.24) is 9.88 Å². The SMILES string of the molecule is O=C(c1ccc(-c2cnco2)cc1)N1CCSCC1c1ccc(Cl)cc1. The smallest absolute Gasteiger partial charge is 0.254 e. The number of rotatable bonds is 3.